The van der Waals surface area contributed by atoms with Crippen molar-refractivity contribution in [2.75, 3.05) is 6.54 Å². The number of nitrogens with two attached hydrogens (primary N) is 1. The Balaban J connectivity index is 2.19. The van der Waals surface area contributed by atoms with E-state index in [-0.39, 0.29) is 11.4 Å². The summed E-state index contributed by atoms with van der Waals surface area (Å²) in [6.45, 7) is 0.184. The standard InChI is InChI=1S/C13H18N2O3S/c14-10-13(8-4-5-9-13)12(16)15-19(17,18)11-6-2-1-3-7-11/h1-3,6-7H,4-5,8-10,14H2,(H,15,16). The third kappa shape index (κ3) is 2.79. The number of benzene rings is 1. The fraction of sp³-hybridized carbons (Fsp3) is 0.462. The number of sulfonamides is 1. The van der Waals surface area contributed by atoms with Crippen LogP contribution < -0.4 is 10.5 Å². The number of carbonyl (C=O) groups is 1. The number of hydrogen-bond donors (Lipinski definition) is 2. The molecule has 0 aromatic heterocycles. The molecule has 104 valence electrons. The Morgan fingerprint density at radius 3 is 2.32 bits per heavy atom. The highest BCUT2D eigenvalue weighted by Gasteiger charge is 2.41. The molecule has 0 unspecified atom stereocenters. The first-order chi connectivity index (χ1) is 9.00. The molecule has 0 saturated heterocycles. The van der Waals surface area contributed by atoms with E-state index in [1.165, 1.54) is 12.1 Å². The predicted octanol–water partition coefficient (Wildman–Crippen LogP) is 1.01. The minimum absolute atomic E-state index is 0.0912. The number of amides is 1. The fourth-order valence-electron chi connectivity index (χ4n) is 2.46. The van der Waals surface area contributed by atoms with E-state index >= 15 is 0 Å². The average Bonchev–Trinajstić information content (AvgIpc) is 2.89. The SMILES string of the molecule is NCC1(C(=O)NS(=O)(=O)c2ccccc2)CCCC1. The minimum atomic E-state index is -3.80. The number of nitrogens with one attached hydrogen (secondary N) is 1. The van der Waals surface area contributed by atoms with E-state index in [9.17, 15) is 13.2 Å². The molecule has 1 aliphatic rings. The van der Waals surface area contributed by atoms with E-state index in [2.05, 4.69) is 4.72 Å². The van der Waals surface area contributed by atoms with Gasteiger partial charge in [-0.05, 0) is 25.0 Å². The molecule has 0 bridgehead atoms. The van der Waals surface area contributed by atoms with Crippen molar-refractivity contribution >= 4 is 15.9 Å². The number of hydrogen-bond acceptors (Lipinski definition) is 4. The lowest BCUT2D eigenvalue weighted by molar-refractivity contribution is -0.128. The molecule has 1 amide bonds. The molecule has 0 radical (unpaired) electrons. The van der Waals surface area contributed by atoms with Crippen molar-refractivity contribution in [3.05, 3.63) is 30.3 Å². The highest BCUT2D eigenvalue weighted by atomic mass is 32.2. The van der Waals surface area contributed by atoms with Gasteiger partial charge in [0, 0.05) is 6.54 Å². The molecule has 0 aliphatic heterocycles. The zero-order valence-electron chi connectivity index (χ0n) is 10.6. The summed E-state index contributed by atoms with van der Waals surface area (Å²) in [4.78, 5) is 12.3. The lowest BCUT2D eigenvalue weighted by Crippen LogP contribution is -2.46. The molecular weight excluding hydrogens is 264 g/mol. The van der Waals surface area contributed by atoms with Crippen LogP contribution in [0.15, 0.2) is 35.2 Å². The normalized spacial score (nSPS) is 18.2. The van der Waals surface area contributed by atoms with Crippen molar-refractivity contribution in [2.45, 2.75) is 30.6 Å². The van der Waals surface area contributed by atoms with Gasteiger partial charge in [0.05, 0.1) is 10.3 Å². The van der Waals surface area contributed by atoms with Crippen LogP contribution in [0.5, 0.6) is 0 Å². The van der Waals surface area contributed by atoms with Gasteiger partial charge in [-0.2, -0.15) is 0 Å². The van der Waals surface area contributed by atoms with E-state index in [1.807, 2.05) is 0 Å². The Labute approximate surface area is 113 Å². The van der Waals surface area contributed by atoms with Gasteiger partial charge in [-0.1, -0.05) is 31.0 Å². The van der Waals surface area contributed by atoms with E-state index in [0.717, 1.165) is 12.8 Å². The van der Waals surface area contributed by atoms with Crippen molar-refractivity contribution in [1.29, 1.82) is 0 Å². The summed E-state index contributed by atoms with van der Waals surface area (Å²) in [6.07, 6.45) is 3.13. The summed E-state index contributed by atoms with van der Waals surface area (Å²) < 4.78 is 26.3. The summed E-state index contributed by atoms with van der Waals surface area (Å²) in [7, 11) is -3.80. The first-order valence-corrected chi connectivity index (χ1v) is 7.81. The van der Waals surface area contributed by atoms with Crippen LogP contribution in [0.25, 0.3) is 0 Å². The second-order valence-corrected chi connectivity index (χ2v) is 6.62. The van der Waals surface area contributed by atoms with E-state index in [4.69, 9.17) is 5.73 Å². The van der Waals surface area contributed by atoms with Crippen LogP contribution in [0.2, 0.25) is 0 Å². The molecule has 2 rings (SSSR count). The van der Waals surface area contributed by atoms with Crippen molar-refractivity contribution in [3.8, 4) is 0 Å². The molecule has 1 aliphatic carbocycles. The summed E-state index contributed by atoms with van der Waals surface area (Å²) in [5.41, 5.74) is 4.95. The Morgan fingerprint density at radius 2 is 1.79 bits per heavy atom. The molecular formula is C13H18N2O3S. The second kappa shape index (κ2) is 5.30. The summed E-state index contributed by atoms with van der Waals surface area (Å²) >= 11 is 0. The van der Waals surface area contributed by atoms with Crippen LogP contribution in [0.1, 0.15) is 25.7 Å². The lowest BCUT2D eigenvalue weighted by atomic mass is 9.86. The maximum Gasteiger partial charge on any atom is 0.264 e. The molecule has 0 atom stereocenters. The molecule has 1 aromatic carbocycles. The largest absolute Gasteiger partial charge is 0.329 e. The smallest absolute Gasteiger partial charge is 0.264 e. The molecule has 19 heavy (non-hydrogen) atoms. The zero-order valence-corrected chi connectivity index (χ0v) is 11.4. The van der Waals surface area contributed by atoms with Gasteiger partial charge in [0.2, 0.25) is 5.91 Å². The van der Waals surface area contributed by atoms with Crippen LogP contribution in [-0.2, 0) is 14.8 Å². The first-order valence-electron chi connectivity index (χ1n) is 6.33. The summed E-state index contributed by atoms with van der Waals surface area (Å²) in [5.74, 6) is -0.476. The van der Waals surface area contributed by atoms with Gasteiger partial charge < -0.3 is 5.73 Å². The van der Waals surface area contributed by atoms with Crippen LogP contribution >= 0.6 is 0 Å². The predicted molar refractivity (Wildman–Crippen MR) is 71.7 cm³/mol. The van der Waals surface area contributed by atoms with Gasteiger partial charge in [-0.15, -0.1) is 0 Å². The van der Waals surface area contributed by atoms with Crippen LogP contribution in [0.3, 0.4) is 0 Å². The second-order valence-electron chi connectivity index (χ2n) is 4.94. The van der Waals surface area contributed by atoms with E-state index in [1.54, 1.807) is 18.2 Å². The van der Waals surface area contributed by atoms with E-state index in [0.29, 0.717) is 12.8 Å². The maximum atomic E-state index is 12.2. The van der Waals surface area contributed by atoms with Gasteiger partial charge in [-0.25, -0.2) is 13.1 Å². The van der Waals surface area contributed by atoms with Crippen LogP contribution in [0.4, 0.5) is 0 Å². The van der Waals surface area contributed by atoms with Crippen molar-refractivity contribution in [2.24, 2.45) is 11.1 Å². The number of rotatable bonds is 4. The van der Waals surface area contributed by atoms with Crippen molar-refractivity contribution in [1.82, 2.24) is 4.72 Å². The Hall–Kier alpha value is -1.40. The van der Waals surface area contributed by atoms with Gasteiger partial charge in [-0.3, -0.25) is 4.79 Å². The summed E-state index contributed by atoms with van der Waals surface area (Å²) in [6, 6.07) is 7.87. The average molecular weight is 282 g/mol. The van der Waals surface area contributed by atoms with Crippen molar-refractivity contribution < 1.29 is 13.2 Å². The third-order valence-corrected chi connectivity index (χ3v) is 5.06. The van der Waals surface area contributed by atoms with Crippen LogP contribution in [0, 0.1) is 5.41 Å². The van der Waals surface area contributed by atoms with Gasteiger partial charge in [0.15, 0.2) is 0 Å². The van der Waals surface area contributed by atoms with Crippen LogP contribution in [-0.4, -0.2) is 20.9 Å². The monoisotopic (exact) mass is 282 g/mol. The topological polar surface area (TPSA) is 89.3 Å². The maximum absolute atomic E-state index is 12.2. The summed E-state index contributed by atoms with van der Waals surface area (Å²) in [5, 5.41) is 0. The molecule has 5 nitrogen and oxygen atoms in total. The van der Waals surface area contributed by atoms with Gasteiger partial charge in [0.1, 0.15) is 0 Å². The fourth-order valence-corrected chi connectivity index (χ4v) is 3.56. The molecule has 0 spiro atoms. The first kappa shape index (κ1) is 14.0. The Bertz CT molecular complexity index is 549. The van der Waals surface area contributed by atoms with E-state index < -0.39 is 21.3 Å². The molecule has 1 saturated carbocycles. The zero-order chi connectivity index (χ0) is 13.9. The molecule has 3 N–H and O–H groups in total. The highest BCUT2D eigenvalue weighted by Crippen LogP contribution is 2.37. The molecule has 6 heteroatoms. The van der Waals surface area contributed by atoms with Gasteiger partial charge >= 0.3 is 0 Å². The highest BCUT2D eigenvalue weighted by molar-refractivity contribution is 7.90. The minimum Gasteiger partial charge on any atom is -0.329 e. The number of carbonyl (C=O) groups excluding carboxylic acids is 1. The lowest BCUT2D eigenvalue weighted by Gasteiger charge is -2.25. The molecule has 1 aromatic rings. The Kier molecular flexibility index (Phi) is 3.91. The third-order valence-electron chi connectivity index (χ3n) is 3.71. The quantitative estimate of drug-likeness (QED) is 0.862. The molecule has 0 heterocycles. The van der Waals surface area contributed by atoms with Gasteiger partial charge in [0.25, 0.3) is 10.0 Å². The molecule has 1 fully saturated rings. The van der Waals surface area contributed by atoms with Crippen molar-refractivity contribution in [3.63, 3.8) is 0 Å². The Morgan fingerprint density at radius 1 is 1.21 bits per heavy atom.